The Bertz CT molecular complexity index is 952. The van der Waals surface area contributed by atoms with E-state index in [0.29, 0.717) is 10.3 Å². The zero-order valence-corrected chi connectivity index (χ0v) is 13.8. The fraction of sp³-hybridized carbons (Fsp3) is 0.231. The second-order valence-corrected chi connectivity index (χ2v) is 8.07. The lowest BCUT2D eigenvalue weighted by Gasteiger charge is -2.12. The summed E-state index contributed by atoms with van der Waals surface area (Å²) >= 11 is 6.92. The molecule has 2 heterocycles. The molecule has 0 radical (unpaired) electrons. The molecule has 1 N–H and O–H groups in total. The van der Waals surface area contributed by atoms with Crippen LogP contribution in [-0.2, 0) is 9.84 Å². The van der Waals surface area contributed by atoms with Gasteiger partial charge in [0, 0.05) is 17.8 Å². The number of nitrogens with zero attached hydrogens (tertiary/aromatic N) is 2. The normalized spacial score (nSPS) is 13.6. The smallest absolute Gasteiger partial charge is 0.178 e. The van der Waals surface area contributed by atoms with Gasteiger partial charge in [0.25, 0.3) is 0 Å². The van der Waals surface area contributed by atoms with Crippen molar-refractivity contribution in [2.45, 2.75) is 17.9 Å². The Kier molecular flexibility index (Phi) is 3.46. The number of H-pyrrole nitrogens is 1. The SMILES string of the molecule is CC(c1nccs1)n1c(=S)[nH]c2c(S(C)(=O)=O)cccc21. The van der Waals surface area contributed by atoms with Crippen molar-refractivity contribution in [3.05, 3.63) is 39.6 Å². The highest BCUT2D eigenvalue weighted by Crippen LogP contribution is 2.28. The van der Waals surface area contributed by atoms with Crippen molar-refractivity contribution in [2.24, 2.45) is 0 Å². The minimum Gasteiger partial charge on any atom is -0.329 e. The molecule has 5 nitrogen and oxygen atoms in total. The third-order valence-electron chi connectivity index (χ3n) is 3.31. The van der Waals surface area contributed by atoms with E-state index in [0.717, 1.165) is 10.5 Å². The second kappa shape index (κ2) is 5.04. The largest absolute Gasteiger partial charge is 0.329 e. The summed E-state index contributed by atoms with van der Waals surface area (Å²) in [6.07, 6.45) is 2.94. The summed E-state index contributed by atoms with van der Waals surface area (Å²) in [4.78, 5) is 7.59. The van der Waals surface area contributed by atoms with Crippen LogP contribution < -0.4 is 0 Å². The zero-order valence-electron chi connectivity index (χ0n) is 11.4. The van der Waals surface area contributed by atoms with Gasteiger partial charge in [-0.05, 0) is 31.3 Å². The fourth-order valence-corrected chi connectivity index (χ4v) is 4.26. The number of benzene rings is 1. The van der Waals surface area contributed by atoms with Crippen molar-refractivity contribution < 1.29 is 8.42 Å². The maximum atomic E-state index is 11.9. The minimum absolute atomic E-state index is 0.0546. The van der Waals surface area contributed by atoms with Crippen LogP contribution in [0.3, 0.4) is 0 Å². The average molecular weight is 339 g/mol. The van der Waals surface area contributed by atoms with E-state index in [1.807, 2.05) is 22.9 Å². The minimum atomic E-state index is -3.32. The standard InChI is InChI=1S/C13H13N3O2S3/c1-8(12-14-6-7-20-12)16-9-4-3-5-10(21(2,17)18)11(9)15-13(16)19/h3-8H,1-2H3,(H,15,19). The molecule has 0 aliphatic carbocycles. The maximum Gasteiger partial charge on any atom is 0.178 e. The maximum absolute atomic E-state index is 11.9. The number of aromatic nitrogens is 3. The number of rotatable bonds is 3. The quantitative estimate of drug-likeness (QED) is 0.744. The third-order valence-corrected chi connectivity index (χ3v) is 5.69. The first-order chi connectivity index (χ1) is 9.89. The van der Waals surface area contributed by atoms with Gasteiger partial charge >= 0.3 is 0 Å². The molecule has 1 unspecified atom stereocenters. The van der Waals surface area contributed by atoms with Gasteiger partial charge in [0.2, 0.25) is 0 Å². The molecule has 1 atom stereocenters. The van der Waals surface area contributed by atoms with Gasteiger partial charge in [-0.2, -0.15) is 0 Å². The molecule has 0 fully saturated rings. The molecule has 21 heavy (non-hydrogen) atoms. The van der Waals surface area contributed by atoms with E-state index in [1.54, 1.807) is 29.7 Å². The predicted octanol–water partition coefficient (Wildman–Crippen LogP) is 3.17. The fourth-order valence-electron chi connectivity index (χ4n) is 2.37. The van der Waals surface area contributed by atoms with Crippen molar-refractivity contribution in [1.82, 2.24) is 14.5 Å². The monoisotopic (exact) mass is 339 g/mol. The lowest BCUT2D eigenvalue weighted by molar-refractivity contribution is 0.602. The predicted molar refractivity (Wildman–Crippen MR) is 86.2 cm³/mol. The Morgan fingerprint density at radius 3 is 2.81 bits per heavy atom. The summed E-state index contributed by atoms with van der Waals surface area (Å²) < 4.78 is 26.2. The molecule has 1 aromatic carbocycles. The number of hydrogen-bond donors (Lipinski definition) is 1. The molecule has 0 amide bonds. The molecule has 0 bridgehead atoms. The van der Waals surface area contributed by atoms with Crippen molar-refractivity contribution >= 4 is 44.4 Å². The Labute approximate surface area is 131 Å². The summed E-state index contributed by atoms with van der Waals surface area (Å²) in [5.41, 5.74) is 1.32. The van der Waals surface area contributed by atoms with Crippen molar-refractivity contribution in [1.29, 1.82) is 0 Å². The van der Waals surface area contributed by atoms with Gasteiger partial charge in [0.1, 0.15) is 5.01 Å². The van der Waals surface area contributed by atoms with Crippen LogP contribution in [0, 0.1) is 4.77 Å². The molecule has 0 spiro atoms. The first-order valence-electron chi connectivity index (χ1n) is 6.22. The van der Waals surface area contributed by atoms with Crippen LogP contribution in [0.2, 0.25) is 0 Å². The van der Waals surface area contributed by atoms with Crippen LogP contribution in [0.1, 0.15) is 18.0 Å². The van der Waals surface area contributed by atoms with Gasteiger partial charge in [0.05, 0.1) is 22.0 Å². The Balaban J connectivity index is 2.31. The van der Waals surface area contributed by atoms with E-state index in [4.69, 9.17) is 12.2 Å². The molecule has 2 aromatic heterocycles. The van der Waals surface area contributed by atoms with Gasteiger partial charge in [-0.3, -0.25) is 0 Å². The Morgan fingerprint density at radius 2 is 2.19 bits per heavy atom. The van der Waals surface area contributed by atoms with Crippen LogP contribution in [0.4, 0.5) is 0 Å². The van der Waals surface area contributed by atoms with Crippen LogP contribution in [0.5, 0.6) is 0 Å². The van der Waals surface area contributed by atoms with Crippen LogP contribution in [-0.4, -0.2) is 29.2 Å². The van der Waals surface area contributed by atoms with E-state index in [-0.39, 0.29) is 10.9 Å². The summed E-state index contributed by atoms with van der Waals surface area (Å²) in [5, 5.41) is 2.84. The number of sulfone groups is 1. The molecule has 0 saturated heterocycles. The summed E-state index contributed by atoms with van der Waals surface area (Å²) in [6.45, 7) is 2.00. The van der Waals surface area contributed by atoms with E-state index < -0.39 is 9.84 Å². The highest BCUT2D eigenvalue weighted by molar-refractivity contribution is 7.91. The van der Waals surface area contributed by atoms with E-state index in [9.17, 15) is 8.42 Å². The van der Waals surface area contributed by atoms with Crippen molar-refractivity contribution in [3.8, 4) is 0 Å². The van der Waals surface area contributed by atoms with Crippen LogP contribution in [0.15, 0.2) is 34.7 Å². The molecule has 3 aromatic rings. The van der Waals surface area contributed by atoms with E-state index >= 15 is 0 Å². The highest BCUT2D eigenvalue weighted by Gasteiger charge is 2.19. The summed E-state index contributed by atoms with van der Waals surface area (Å²) in [6, 6.07) is 5.12. The van der Waals surface area contributed by atoms with Crippen LogP contribution >= 0.6 is 23.6 Å². The lowest BCUT2D eigenvalue weighted by atomic mass is 10.3. The zero-order chi connectivity index (χ0) is 15.2. The molecule has 110 valence electrons. The molecular weight excluding hydrogens is 326 g/mol. The Morgan fingerprint density at radius 1 is 1.43 bits per heavy atom. The first-order valence-corrected chi connectivity index (χ1v) is 9.40. The third kappa shape index (κ3) is 2.43. The molecule has 0 aliphatic rings. The molecule has 0 aliphatic heterocycles. The van der Waals surface area contributed by atoms with Gasteiger partial charge in [-0.15, -0.1) is 11.3 Å². The number of hydrogen-bond acceptors (Lipinski definition) is 5. The highest BCUT2D eigenvalue weighted by atomic mass is 32.2. The lowest BCUT2D eigenvalue weighted by Crippen LogP contribution is -2.06. The van der Waals surface area contributed by atoms with E-state index in [1.165, 1.54) is 6.26 Å². The average Bonchev–Trinajstić information content (AvgIpc) is 3.02. The summed E-state index contributed by atoms with van der Waals surface area (Å²) in [7, 11) is -3.32. The van der Waals surface area contributed by atoms with E-state index in [2.05, 4.69) is 9.97 Å². The molecule has 8 heteroatoms. The number of imidazole rings is 1. The molecule has 0 saturated carbocycles. The number of aromatic amines is 1. The summed E-state index contributed by atoms with van der Waals surface area (Å²) in [5.74, 6) is 0. The number of nitrogens with one attached hydrogen (secondary N) is 1. The first kappa shape index (κ1) is 14.4. The second-order valence-electron chi connectivity index (χ2n) is 4.77. The van der Waals surface area contributed by atoms with Gasteiger partial charge in [-0.1, -0.05) is 6.07 Å². The van der Waals surface area contributed by atoms with Gasteiger partial charge in [-0.25, -0.2) is 13.4 Å². The van der Waals surface area contributed by atoms with Crippen molar-refractivity contribution in [2.75, 3.05) is 6.26 Å². The van der Waals surface area contributed by atoms with Crippen molar-refractivity contribution in [3.63, 3.8) is 0 Å². The Hall–Kier alpha value is -1.51. The number of fused-ring (bicyclic) bond motifs is 1. The molecule has 3 rings (SSSR count). The topological polar surface area (TPSA) is 67.8 Å². The molecular formula is C13H13N3O2S3. The number of thiazole rings is 1. The van der Waals surface area contributed by atoms with Gasteiger partial charge in [0.15, 0.2) is 14.6 Å². The van der Waals surface area contributed by atoms with Crippen LogP contribution in [0.25, 0.3) is 11.0 Å². The number of para-hydroxylation sites is 1. The van der Waals surface area contributed by atoms with Gasteiger partial charge < -0.3 is 9.55 Å².